The molecule has 0 N–H and O–H groups in total. The van der Waals surface area contributed by atoms with E-state index in [2.05, 4.69) is 10.5 Å². The normalized spacial score (nSPS) is 10.9. The van der Waals surface area contributed by atoms with Gasteiger partial charge in [-0.1, -0.05) is 17.3 Å². The highest BCUT2D eigenvalue weighted by Crippen LogP contribution is 2.29. The van der Waals surface area contributed by atoms with E-state index < -0.39 is 0 Å². The Morgan fingerprint density at radius 1 is 1.14 bits per heavy atom. The first-order valence-electron chi connectivity index (χ1n) is 4.32. The van der Waals surface area contributed by atoms with Gasteiger partial charge in [-0.15, -0.1) is 0 Å². The maximum Gasteiger partial charge on any atom is 0.175 e. The zero-order valence-electron chi connectivity index (χ0n) is 7.31. The van der Waals surface area contributed by atoms with Crippen molar-refractivity contribution in [1.82, 2.24) is 5.16 Å². The van der Waals surface area contributed by atoms with Gasteiger partial charge in [-0.05, 0) is 23.6 Å². The quantitative estimate of drug-likeness (QED) is 0.601. The van der Waals surface area contributed by atoms with Crippen LogP contribution in [0.25, 0.3) is 22.2 Å². The summed E-state index contributed by atoms with van der Waals surface area (Å²) in [5.41, 5.74) is 2.01. The van der Waals surface area contributed by atoms with Gasteiger partial charge in [0.05, 0.1) is 0 Å². The molecule has 68 valence electrons. The van der Waals surface area contributed by atoms with Gasteiger partial charge in [0.15, 0.2) is 5.76 Å². The van der Waals surface area contributed by atoms with Crippen molar-refractivity contribution < 1.29 is 4.52 Å². The van der Waals surface area contributed by atoms with Crippen LogP contribution < -0.4 is 0 Å². The first kappa shape index (κ1) is 7.76. The van der Waals surface area contributed by atoms with E-state index in [1.54, 1.807) is 11.3 Å². The van der Waals surface area contributed by atoms with Gasteiger partial charge < -0.3 is 4.52 Å². The second-order valence-electron chi connectivity index (χ2n) is 3.04. The molecule has 0 atom stereocenters. The Morgan fingerprint density at radius 2 is 2.07 bits per heavy atom. The average molecular weight is 201 g/mol. The molecule has 1 aromatic carbocycles. The molecular formula is C11H7NOS. The minimum atomic E-state index is 0.863. The molecule has 0 aliphatic rings. The maximum atomic E-state index is 5.32. The van der Waals surface area contributed by atoms with Crippen molar-refractivity contribution in [3.05, 3.63) is 41.1 Å². The van der Waals surface area contributed by atoms with Crippen LogP contribution in [-0.4, -0.2) is 5.16 Å². The Kier molecular flexibility index (Phi) is 1.64. The lowest BCUT2D eigenvalue weighted by molar-refractivity contribution is 0.441. The first-order valence-corrected chi connectivity index (χ1v) is 5.26. The van der Waals surface area contributed by atoms with Gasteiger partial charge in [-0.2, -0.15) is 11.3 Å². The van der Waals surface area contributed by atoms with Gasteiger partial charge >= 0.3 is 0 Å². The van der Waals surface area contributed by atoms with Gasteiger partial charge in [0, 0.05) is 16.3 Å². The van der Waals surface area contributed by atoms with Crippen LogP contribution in [-0.2, 0) is 0 Å². The molecule has 0 fully saturated rings. The Hall–Kier alpha value is -1.61. The SMILES string of the molecule is c1ccc2c(-c3ccsc3)onc2c1. The zero-order chi connectivity index (χ0) is 9.38. The van der Waals surface area contributed by atoms with Gasteiger partial charge in [-0.25, -0.2) is 0 Å². The number of hydrogen-bond acceptors (Lipinski definition) is 3. The van der Waals surface area contributed by atoms with Gasteiger partial charge in [0.1, 0.15) is 5.52 Å². The van der Waals surface area contributed by atoms with Crippen LogP contribution >= 0.6 is 11.3 Å². The predicted octanol–water partition coefficient (Wildman–Crippen LogP) is 3.56. The van der Waals surface area contributed by atoms with Crippen molar-refractivity contribution in [2.45, 2.75) is 0 Å². The lowest BCUT2D eigenvalue weighted by Gasteiger charge is -1.89. The fourth-order valence-corrected chi connectivity index (χ4v) is 2.13. The van der Waals surface area contributed by atoms with Crippen molar-refractivity contribution in [2.24, 2.45) is 0 Å². The summed E-state index contributed by atoms with van der Waals surface area (Å²) < 4.78 is 5.32. The second-order valence-corrected chi connectivity index (χ2v) is 3.82. The summed E-state index contributed by atoms with van der Waals surface area (Å²) in [6, 6.07) is 9.98. The summed E-state index contributed by atoms with van der Waals surface area (Å²) in [5.74, 6) is 0.863. The number of nitrogens with zero attached hydrogens (tertiary/aromatic N) is 1. The molecule has 3 heteroatoms. The average Bonchev–Trinajstić information content (AvgIpc) is 2.85. The van der Waals surface area contributed by atoms with Crippen molar-refractivity contribution >= 4 is 22.2 Å². The molecule has 2 nitrogen and oxygen atoms in total. The summed E-state index contributed by atoms with van der Waals surface area (Å²) in [5, 5.41) is 9.18. The second kappa shape index (κ2) is 2.96. The van der Waals surface area contributed by atoms with Crippen LogP contribution in [0.4, 0.5) is 0 Å². The molecule has 0 spiro atoms. The predicted molar refractivity (Wildman–Crippen MR) is 57.3 cm³/mol. The molecular weight excluding hydrogens is 194 g/mol. The molecule has 2 heterocycles. The summed E-state index contributed by atoms with van der Waals surface area (Å²) in [6.07, 6.45) is 0. The number of rotatable bonds is 1. The number of thiophene rings is 1. The number of hydrogen-bond donors (Lipinski definition) is 0. The number of fused-ring (bicyclic) bond motifs is 1. The van der Waals surface area contributed by atoms with Crippen molar-refractivity contribution in [1.29, 1.82) is 0 Å². The van der Waals surface area contributed by atoms with Crippen LogP contribution in [0.2, 0.25) is 0 Å². The highest BCUT2D eigenvalue weighted by atomic mass is 32.1. The molecule has 0 unspecified atom stereocenters. The fraction of sp³-hybridized carbons (Fsp3) is 0. The smallest absolute Gasteiger partial charge is 0.175 e. The minimum absolute atomic E-state index is 0.863. The number of aromatic nitrogens is 1. The Bertz CT molecular complexity index is 553. The molecule has 14 heavy (non-hydrogen) atoms. The molecule has 0 saturated carbocycles. The van der Waals surface area contributed by atoms with E-state index in [0.717, 1.165) is 22.2 Å². The van der Waals surface area contributed by atoms with Crippen molar-refractivity contribution in [3.63, 3.8) is 0 Å². The first-order chi connectivity index (χ1) is 6.95. The molecule has 0 aliphatic carbocycles. The minimum Gasteiger partial charge on any atom is -0.355 e. The Balaban J connectivity index is 2.33. The lowest BCUT2D eigenvalue weighted by atomic mass is 10.1. The highest BCUT2D eigenvalue weighted by molar-refractivity contribution is 7.08. The van der Waals surface area contributed by atoms with Gasteiger partial charge in [0.25, 0.3) is 0 Å². The van der Waals surface area contributed by atoms with Crippen molar-refractivity contribution in [3.8, 4) is 11.3 Å². The molecule has 0 saturated heterocycles. The van der Waals surface area contributed by atoms with Gasteiger partial charge in [-0.3, -0.25) is 0 Å². The lowest BCUT2D eigenvalue weighted by Crippen LogP contribution is -1.68. The topological polar surface area (TPSA) is 26.0 Å². The van der Waals surface area contributed by atoms with Crippen LogP contribution in [0.1, 0.15) is 0 Å². The summed E-state index contributed by atoms with van der Waals surface area (Å²) in [6.45, 7) is 0. The summed E-state index contributed by atoms with van der Waals surface area (Å²) in [7, 11) is 0. The molecule has 0 radical (unpaired) electrons. The zero-order valence-corrected chi connectivity index (χ0v) is 8.12. The van der Waals surface area contributed by atoms with E-state index in [1.807, 2.05) is 35.7 Å². The molecule has 0 amide bonds. The molecule has 3 aromatic rings. The van der Waals surface area contributed by atoms with Gasteiger partial charge in [0.2, 0.25) is 0 Å². The summed E-state index contributed by atoms with van der Waals surface area (Å²) >= 11 is 1.66. The Morgan fingerprint density at radius 3 is 2.93 bits per heavy atom. The molecule has 0 bridgehead atoms. The summed E-state index contributed by atoms with van der Waals surface area (Å²) in [4.78, 5) is 0. The van der Waals surface area contributed by atoms with E-state index >= 15 is 0 Å². The molecule has 2 aromatic heterocycles. The number of benzene rings is 1. The van der Waals surface area contributed by atoms with Crippen LogP contribution in [0.3, 0.4) is 0 Å². The van der Waals surface area contributed by atoms with E-state index in [0.29, 0.717) is 0 Å². The monoisotopic (exact) mass is 201 g/mol. The van der Waals surface area contributed by atoms with E-state index in [9.17, 15) is 0 Å². The van der Waals surface area contributed by atoms with Crippen molar-refractivity contribution in [2.75, 3.05) is 0 Å². The van der Waals surface area contributed by atoms with E-state index in [-0.39, 0.29) is 0 Å². The molecule has 3 rings (SSSR count). The van der Waals surface area contributed by atoms with Crippen LogP contribution in [0.5, 0.6) is 0 Å². The third-order valence-electron chi connectivity index (χ3n) is 2.17. The van der Waals surface area contributed by atoms with E-state index in [4.69, 9.17) is 4.52 Å². The fourth-order valence-electron chi connectivity index (χ4n) is 1.49. The van der Waals surface area contributed by atoms with Crippen LogP contribution in [0, 0.1) is 0 Å². The third-order valence-corrected chi connectivity index (χ3v) is 2.85. The largest absolute Gasteiger partial charge is 0.355 e. The molecule has 0 aliphatic heterocycles. The Labute approximate surface area is 84.8 Å². The highest BCUT2D eigenvalue weighted by Gasteiger charge is 2.09. The third kappa shape index (κ3) is 1.06. The van der Waals surface area contributed by atoms with E-state index in [1.165, 1.54) is 0 Å². The standard InChI is InChI=1S/C11H7NOS/c1-2-4-10-9(3-1)11(13-12-10)8-5-6-14-7-8/h1-7H. The maximum absolute atomic E-state index is 5.32. The van der Waals surface area contributed by atoms with Crippen LogP contribution in [0.15, 0.2) is 45.6 Å².